The number of piperazine rings is 1. The molecule has 0 spiro atoms. The lowest BCUT2D eigenvalue weighted by atomic mass is 9.99. The van der Waals surface area contributed by atoms with Gasteiger partial charge in [-0.2, -0.15) is 0 Å². The highest BCUT2D eigenvalue weighted by atomic mass is 35.5. The van der Waals surface area contributed by atoms with Gasteiger partial charge in [0, 0.05) is 55.3 Å². The number of amides is 1. The van der Waals surface area contributed by atoms with E-state index in [1.165, 1.54) is 5.69 Å². The van der Waals surface area contributed by atoms with E-state index in [0.717, 1.165) is 74.6 Å². The number of hydrogen-bond acceptors (Lipinski definition) is 4. The maximum absolute atomic E-state index is 13.1. The van der Waals surface area contributed by atoms with Crippen LogP contribution in [0.25, 0.3) is 0 Å². The number of halogens is 2. The third-order valence-corrected chi connectivity index (χ3v) is 5.83. The molecule has 1 amide bonds. The summed E-state index contributed by atoms with van der Waals surface area (Å²) >= 11 is 0. The SMILES string of the molecule is CCN1CCN(c2ccc(C(=O)N3CCCc4c(N)cccc43)cc2)CC1.Cl.Cl. The second kappa shape index (κ2) is 10.2. The first-order valence-electron chi connectivity index (χ1n) is 9.94. The molecule has 2 aromatic carbocycles. The molecule has 2 aliphatic rings. The Morgan fingerprint density at radius 1 is 0.966 bits per heavy atom. The van der Waals surface area contributed by atoms with Crippen molar-refractivity contribution in [2.45, 2.75) is 19.8 Å². The number of hydrogen-bond donors (Lipinski definition) is 1. The van der Waals surface area contributed by atoms with Gasteiger partial charge in [-0.05, 0) is 61.3 Å². The van der Waals surface area contributed by atoms with Crippen LogP contribution in [-0.4, -0.2) is 50.1 Å². The van der Waals surface area contributed by atoms with Gasteiger partial charge in [-0.25, -0.2) is 0 Å². The van der Waals surface area contributed by atoms with Crippen molar-refractivity contribution in [3.8, 4) is 0 Å². The van der Waals surface area contributed by atoms with Crippen LogP contribution in [0.15, 0.2) is 42.5 Å². The van der Waals surface area contributed by atoms with Crippen LogP contribution < -0.4 is 15.5 Å². The highest BCUT2D eigenvalue weighted by Gasteiger charge is 2.25. The summed E-state index contributed by atoms with van der Waals surface area (Å²) in [6.07, 6.45) is 1.89. The van der Waals surface area contributed by atoms with Gasteiger partial charge in [0.05, 0.1) is 0 Å². The minimum atomic E-state index is 0. The summed E-state index contributed by atoms with van der Waals surface area (Å²) < 4.78 is 0. The second-order valence-electron chi connectivity index (χ2n) is 7.37. The molecule has 2 heterocycles. The van der Waals surface area contributed by atoms with Crippen LogP contribution in [0.1, 0.15) is 29.3 Å². The van der Waals surface area contributed by atoms with Crippen LogP contribution in [0, 0.1) is 0 Å². The summed E-state index contributed by atoms with van der Waals surface area (Å²) in [5, 5.41) is 0. The number of carbonyl (C=O) groups is 1. The number of likely N-dealkylation sites (N-methyl/N-ethyl adjacent to an activating group) is 1. The van der Waals surface area contributed by atoms with E-state index >= 15 is 0 Å². The number of nitrogens with two attached hydrogens (primary N) is 1. The average Bonchev–Trinajstić information content (AvgIpc) is 2.73. The standard InChI is InChI=1S/C22H28N4O.2ClH/c1-2-24-13-15-25(16-14-24)18-10-8-17(9-11-18)22(27)26-12-4-5-19-20(23)6-3-7-21(19)26;;/h3,6-11H,2,4-5,12-16,23H2,1H3;2*1H. The predicted molar refractivity (Wildman–Crippen MR) is 126 cm³/mol. The molecule has 0 bridgehead atoms. The number of nitrogen functional groups attached to an aromatic ring is 1. The molecule has 4 rings (SSSR count). The molecule has 0 radical (unpaired) electrons. The lowest BCUT2D eigenvalue weighted by Crippen LogP contribution is -2.46. The molecule has 0 atom stereocenters. The minimum Gasteiger partial charge on any atom is -0.398 e. The first-order chi connectivity index (χ1) is 13.2. The largest absolute Gasteiger partial charge is 0.398 e. The van der Waals surface area contributed by atoms with Gasteiger partial charge in [0.25, 0.3) is 5.91 Å². The molecule has 0 saturated carbocycles. The first-order valence-corrected chi connectivity index (χ1v) is 9.94. The fraction of sp³-hybridized carbons (Fsp3) is 0.409. The summed E-state index contributed by atoms with van der Waals surface area (Å²) in [5.74, 6) is 0.0592. The Balaban J connectivity index is 0.00000150. The number of fused-ring (bicyclic) bond motifs is 1. The van der Waals surface area contributed by atoms with E-state index in [1.807, 2.05) is 35.2 Å². The lowest BCUT2D eigenvalue weighted by molar-refractivity contribution is 0.0985. The minimum absolute atomic E-state index is 0. The van der Waals surface area contributed by atoms with Crippen molar-refractivity contribution in [3.63, 3.8) is 0 Å². The number of benzene rings is 2. The third kappa shape index (κ3) is 4.80. The molecule has 1 fully saturated rings. The molecule has 0 aliphatic carbocycles. The third-order valence-electron chi connectivity index (χ3n) is 5.83. The Morgan fingerprint density at radius 2 is 1.66 bits per heavy atom. The van der Waals surface area contributed by atoms with E-state index in [0.29, 0.717) is 0 Å². The van der Waals surface area contributed by atoms with Crippen LogP contribution in [0.5, 0.6) is 0 Å². The Labute approximate surface area is 185 Å². The number of carbonyl (C=O) groups excluding carboxylic acids is 1. The monoisotopic (exact) mass is 436 g/mol. The molecule has 158 valence electrons. The molecule has 2 N–H and O–H groups in total. The zero-order valence-corrected chi connectivity index (χ0v) is 18.5. The molecule has 5 nitrogen and oxygen atoms in total. The lowest BCUT2D eigenvalue weighted by Gasteiger charge is -2.35. The number of rotatable bonds is 3. The number of anilines is 3. The van der Waals surface area contributed by atoms with Gasteiger partial charge in [0.1, 0.15) is 0 Å². The molecule has 0 unspecified atom stereocenters. The van der Waals surface area contributed by atoms with Crippen molar-refractivity contribution in [3.05, 3.63) is 53.6 Å². The highest BCUT2D eigenvalue weighted by Crippen LogP contribution is 2.32. The van der Waals surface area contributed by atoms with Gasteiger partial charge >= 0.3 is 0 Å². The Bertz CT molecular complexity index is 820. The fourth-order valence-corrected chi connectivity index (χ4v) is 4.16. The van der Waals surface area contributed by atoms with Crippen molar-refractivity contribution in [2.24, 2.45) is 0 Å². The zero-order valence-electron chi connectivity index (χ0n) is 16.8. The Hall–Kier alpha value is -1.95. The van der Waals surface area contributed by atoms with Crippen LogP contribution in [-0.2, 0) is 6.42 Å². The predicted octanol–water partition coefficient (Wildman–Crippen LogP) is 3.85. The van der Waals surface area contributed by atoms with Crippen molar-refractivity contribution >= 4 is 47.8 Å². The van der Waals surface area contributed by atoms with E-state index in [-0.39, 0.29) is 30.7 Å². The maximum Gasteiger partial charge on any atom is 0.258 e. The highest BCUT2D eigenvalue weighted by molar-refractivity contribution is 6.07. The summed E-state index contributed by atoms with van der Waals surface area (Å²) in [4.78, 5) is 19.9. The van der Waals surface area contributed by atoms with Crippen LogP contribution in [0.2, 0.25) is 0 Å². The van der Waals surface area contributed by atoms with E-state index in [2.05, 4.69) is 28.9 Å². The van der Waals surface area contributed by atoms with Crippen molar-refractivity contribution < 1.29 is 4.79 Å². The van der Waals surface area contributed by atoms with Crippen molar-refractivity contribution in [2.75, 3.05) is 54.8 Å². The first kappa shape index (κ1) is 23.3. The molecular weight excluding hydrogens is 407 g/mol. The molecule has 0 aromatic heterocycles. The van der Waals surface area contributed by atoms with Crippen LogP contribution >= 0.6 is 24.8 Å². The molecule has 2 aliphatic heterocycles. The Kier molecular flexibility index (Phi) is 8.20. The molecule has 7 heteroatoms. The van der Waals surface area contributed by atoms with E-state index in [4.69, 9.17) is 5.73 Å². The summed E-state index contributed by atoms with van der Waals surface area (Å²) in [5.41, 5.74) is 10.9. The fourth-order valence-electron chi connectivity index (χ4n) is 4.16. The van der Waals surface area contributed by atoms with Gasteiger partial charge < -0.3 is 20.4 Å². The van der Waals surface area contributed by atoms with Crippen molar-refractivity contribution in [1.82, 2.24) is 4.90 Å². The quantitative estimate of drug-likeness (QED) is 0.742. The van der Waals surface area contributed by atoms with Crippen LogP contribution in [0.3, 0.4) is 0 Å². The van der Waals surface area contributed by atoms with E-state index in [9.17, 15) is 4.79 Å². The zero-order chi connectivity index (χ0) is 18.8. The smallest absolute Gasteiger partial charge is 0.258 e. The molecular formula is C22H30Cl2N4O. The van der Waals surface area contributed by atoms with Crippen molar-refractivity contribution in [1.29, 1.82) is 0 Å². The molecule has 1 saturated heterocycles. The van der Waals surface area contributed by atoms with Crippen LogP contribution in [0.4, 0.5) is 17.1 Å². The summed E-state index contributed by atoms with van der Waals surface area (Å²) in [7, 11) is 0. The summed E-state index contributed by atoms with van der Waals surface area (Å²) in [6.45, 7) is 8.35. The van der Waals surface area contributed by atoms with Gasteiger partial charge in [-0.15, -0.1) is 24.8 Å². The summed E-state index contributed by atoms with van der Waals surface area (Å²) in [6, 6.07) is 13.9. The van der Waals surface area contributed by atoms with Gasteiger partial charge in [-0.1, -0.05) is 13.0 Å². The number of nitrogens with zero attached hydrogens (tertiary/aromatic N) is 3. The topological polar surface area (TPSA) is 52.8 Å². The van der Waals surface area contributed by atoms with E-state index in [1.54, 1.807) is 0 Å². The van der Waals surface area contributed by atoms with E-state index < -0.39 is 0 Å². The second-order valence-corrected chi connectivity index (χ2v) is 7.37. The molecule has 2 aromatic rings. The normalized spacial score (nSPS) is 16.4. The maximum atomic E-state index is 13.1. The molecule has 29 heavy (non-hydrogen) atoms. The van der Waals surface area contributed by atoms with Gasteiger partial charge in [0.2, 0.25) is 0 Å². The van der Waals surface area contributed by atoms with Gasteiger partial charge in [-0.3, -0.25) is 4.79 Å². The Morgan fingerprint density at radius 3 is 2.31 bits per heavy atom. The van der Waals surface area contributed by atoms with Gasteiger partial charge in [0.15, 0.2) is 0 Å². The average molecular weight is 437 g/mol.